The average molecular weight is 786 g/mol. The first-order valence-corrected chi connectivity index (χ1v) is 21.9. The van der Waals surface area contributed by atoms with Crippen molar-refractivity contribution in [2.45, 2.75) is 98.3 Å². The van der Waals surface area contributed by atoms with Crippen LogP contribution in [-0.4, -0.2) is 112 Å². The third-order valence-electron chi connectivity index (χ3n) is 8.37. The standard InChI is InChI=1S/C35H56N5O9PS2/c1-5-28(41)9-18-38(19-10-29(42)6-2)34(47)13-22-40(23-14-35(48)39(20-11-30(43)7-3)21-12-31(44)8-4)50(49)24-15-32(45)16-25-51-27-52-26-17-33(46)36-37-50/h16-17,25-26H,5-15,18-24,27H2,1-4H3,(H,36,46)(H,37,49). The maximum absolute atomic E-state index is 14.8. The van der Waals surface area contributed by atoms with Gasteiger partial charge in [-0.1, -0.05) is 27.7 Å². The lowest BCUT2D eigenvalue weighted by Gasteiger charge is -2.33. The Morgan fingerprint density at radius 1 is 0.635 bits per heavy atom. The van der Waals surface area contributed by atoms with Crippen LogP contribution in [0.4, 0.5) is 0 Å². The summed E-state index contributed by atoms with van der Waals surface area (Å²) in [5, 5.41) is 6.39. The van der Waals surface area contributed by atoms with Crippen LogP contribution in [0.2, 0.25) is 0 Å². The van der Waals surface area contributed by atoms with Crippen molar-refractivity contribution in [3.8, 4) is 0 Å². The van der Waals surface area contributed by atoms with Gasteiger partial charge in [-0.25, -0.2) is 4.67 Å². The predicted octanol–water partition coefficient (Wildman–Crippen LogP) is 4.44. The third kappa shape index (κ3) is 19.8. The van der Waals surface area contributed by atoms with Crippen LogP contribution in [0.25, 0.3) is 0 Å². The van der Waals surface area contributed by atoms with E-state index in [0.29, 0.717) is 30.8 Å². The third-order valence-corrected chi connectivity index (χ3v) is 12.7. The zero-order valence-corrected chi connectivity index (χ0v) is 33.6. The normalized spacial score (nSPS) is 16.9. The molecule has 0 aliphatic carbocycles. The van der Waals surface area contributed by atoms with E-state index in [4.69, 9.17) is 0 Å². The van der Waals surface area contributed by atoms with Gasteiger partial charge in [-0.3, -0.25) is 48.3 Å². The molecule has 1 heterocycles. The molecule has 0 bridgehead atoms. The van der Waals surface area contributed by atoms with Gasteiger partial charge in [0.1, 0.15) is 23.1 Å². The second kappa shape index (κ2) is 26.8. The molecule has 1 aliphatic rings. The van der Waals surface area contributed by atoms with Gasteiger partial charge in [0.05, 0.1) is 0 Å². The van der Waals surface area contributed by atoms with Gasteiger partial charge in [0.2, 0.25) is 19.3 Å². The van der Waals surface area contributed by atoms with E-state index in [9.17, 15) is 42.9 Å². The summed E-state index contributed by atoms with van der Waals surface area (Å²) in [7, 11) is -3.90. The van der Waals surface area contributed by atoms with E-state index in [2.05, 4.69) is 10.6 Å². The Kier molecular flexibility index (Phi) is 24.3. The summed E-state index contributed by atoms with van der Waals surface area (Å²) >= 11 is 2.69. The molecule has 17 heteroatoms. The van der Waals surface area contributed by atoms with E-state index in [1.54, 1.807) is 38.5 Å². The fraction of sp³-hybridized carbons (Fsp3) is 0.657. The smallest absolute Gasteiger partial charge is 0.258 e. The van der Waals surface area contributed by atoms with Crippen molar-refractivity contribution in [1.29, 1.82) is 0 Å². The fourth-order valence-corrected chi connectivity index (χ4v) is 8.42. The lowest BCUT2D eigenvalue weighted by atomic mass is 10.1. The first kappa shape index (κ1) is 47.1. The largest absolute Gasteiger partial charge is 0.342 e. The van der Waals surface area contributed by atoms with Gasteiger partial charge >= 0.3 is 0 Å². The predicted molar refractivity (Wildman–Crippen MR) is 205 cm³/mol. The molecule has 0 spiro atoms. The van der Waals surface area contributed by atoms with E-state index in [1.165, 1.54) is 50.1 Å². The molecular weight excluding hydrogens is 730 g/mol. The number of allylic oxidation sites excluding steroid dienone is 1. The molecule has 2 N–H and O–H groups in total. The zero-order valence-electron chi connectivity index (χ0n) is 31.0. The number of hydrazine groups is 1. The van der Waals surface area contributed by atoms with Crippen molar-refractivity contribution in [1.82, 2.24) is 25.1 Å². The topological polar surface area (TPSA) is 187 Å². The van der Waals surface area contributed by atoms with E-state index in [-0.39, 0.29) is 119 Å². The molecule has 1 aliphatic heterocycles. The van der Waals surface area contributed by atoms with E-state index in [1.807, 2.05) is 0 Å². The summed E-state index contributed by atoms with van der Waals surface area (Å²) in [5.74, 6) is -1.85. The minimum Gasteiger partial charge on any atom is -0.342 e. The molecule has 1 unspecified atom stereocenters. The highest BCUT2D eigenvalue weighted by Gasteiger charge is 2.33. The summed E-state index contributed by atoms with van der Waals surface area (Å²) in [5.41, 5.74) is 2.43. The number of carbonyl (C=O) groups excluding carboxylic acids is 8. The molecule has 292 valence electrons. The molecule has 1 atom stereocenters. The summed E-state index contributed by atoms with van der Waals surface area (Å²) < 4.78 is 16.2. The number of hydrogen-bond acceptors (Lipinski definition) is 11. The number of nitrogens with one attached hydrogen (secondary N) is 2. The number of nitrogens with zero attached hydrogens (tertiary/aromatic N) is 3. The van der Waals surface area contributed by atoms with E-state index in [0.717, 1.165) is 0 Å². The van der Waals surface area contributed by atoms with Gasteiger partial charge in [-0.05, 0) is 16.9 Å². The van der Waals surface area contributed by atoms with Crippen LogP contribution < -0.4 is 10.6 Å². The molecule has 0 saturated carbocycles. The molecule has 14 nitrogen and oxygen atoms in total. The number of carbonyl (C=O) groups is 8. The minimum absolute atomic E-state index is 0.0424. The molecule has 52 heavy (non-hydrogen) atoms. The van der Waals surface area contributed by atoms with Crippen molar-refractivity contribution in [3.63, 3.8) is 0 Å². The first-order chi connectivity index (χ1) is 24.8. The van der Waals surface area contributed by atoms with Crippen LogP contribution in [0.3, 0.4) is 0 Å². The van der Waals surface area contributed by atoms with Crippen molar-refractivity contribution in [2.75, 3.05) is 50.5 Å². The summed E-state index contributed by atoms with van der Waals surface area (Å²) in [6.45, 7) is 7.03. The first-order valence-electron chi connectivity index (χ1n) is 17.9. The highest BCUT2D eigenvalue weighted by atomic mass is 32.2. The van der Waals surface area contributed by atoms with Gasteiger partial charge in [-0.15, -0.1) is 23.5 Å². The Balaban J connectivity index is 3.43. The zero-order chi connectivity index (χ0) is 38.9. The molecule has 3 amide bonds. The number of rotatable bonds is 23. The highest BCUT2D eigenvalue weighted by Crippen LogP contribution is 2.45. The molecule has 0 saturated heterocycles. The van der Waals surface area contributed by atoms with Gasteiger partial charge in [0.25, 0.3) is 5.91 Å². The maximum Gasteiger partial charge on any atom is 0.258 e. The number of ketones is 5. The average Bonchev–Trinajstić information content (AvgIpc) is 3.14. The summed E-state index contributed by atoms with van der Waals surface area (Å²) in [6.07, 6.45) is 3.52. The Bertz CT molecular complexity index is 1220. The van der Waals surface area contributed by atoms with Gasteiger partial charge in [0.15, 0.2) is 5.78 Å². The molecule has 0 aromatic heterocycles. The van der Waals surface area contributed by atoms with Gasteiger partial charge in [0, 0.05) is 127 Å². The monoisotopic (exact) mass is 785 g/mol. The van der Waals surface area contributed by atoms with Crippen LogP contribution in [0.15, 0.2) is 23.0 Å². The SMILES string of the molecule is CCC(=O)CCN(CCC(=O)CC)C(=O)CCN(CCC(=O)N(CCC(=O)CC)CCC(=O)CC)P1(=O)CCC(=O)C=CSCSC=CC(=O)NN1. The Morgan fingerprint density at radius 2 is 1.04 bits per heavy atom. The second-order valence-corrected chi connectivity index (χ2v) is 16.9. The van der Waals surface area contributed by atoms with Crippen molar-refractivity contribution >= 4 is 77.6 Å². The number of amides is 3. The summed E-state index contributed by atoms with van der Waals surface area (Å²) in [6, 6.07) is 0. The Morgan fingerprint density at radius 3 is 1.44 bits per heavy atom. The minimum atomic E-state index is -3.90. The van der Waals surface area contributed by atoms with Crippen molar-refractivity contribution < 1.29 is 42.9 Å². The lowest BCUT2D eigenvalue weighted by Crippen LogP contribution is -2.43. The van der Waals surface area contributed by atoms with Crippen LogP contribution >= 0.6 is 31.0 Å². The number of thioether (sulfide) groups is 2. The summed E-state index contributed by atoms with van der Waals surface area (Å²) in [4.78, 5) is 104. The van der Waals surface area contributed by atoms with Crippen LogP contribution in [0.1, 0.15) is 98.3 Å². The Hall–Kier alpha value is -2.91. The van der Waals surface area contributed by atoms with Crippen LogP contribution in [0, 0.1) is 0 Å². The highest BCUT2D eigenvalue weighted by molar-refractivity contribution is 8.18. The van der Waals surface area contributed by atoms with Crippen molar-refractivity contribution in [3.05, 3.63) is 23.0 Å². The number of Topliss-reactive ketones (excluding diaryl/α,β-unsaturated/α-hetero) is 4. The Labute approximate surface area is 316 Å². The molecular formula is C35H56N5O9PS2. The maximum atomic E-state index is 14.8. The molecule has 0 aromatic carbocycles. The van der Waals surface area contributed by atoms with Crippen LogP contribution in [-0.2, 0) is 42.9 Å². The molecule has 0 aromatic rings. The van der Waals surface area contributed by atoms with Gasteiger partial charge < -0.3 is 9.80 Å². The second-order valence-electron chi connectivity index (χ2n) is 12.1. The molecule has 0 fully saturated rings. The molecule has 0 radical (unpaired) electrons. The van der Waals surface area contributed by atoms with Crippen molar-refractivity contribution in [2.24, 2.45) is 0 Å². The number of hydrogen-bond donors (Lipinski definition) is 2. The van der Waals surface area contributed by atoms with E-state index < -0.39 is 25.2 Å². The van der Waals surface area contributed by atoms with Gasteiger partial charge in [-0.2, -0.15) is 5.20 Å². The van der Waals surface area contributed by atoms with E-state index >= 15 is 0 Å². The lowest BCUT2D eigenvalue weighted by molar-refractivity contribution is -0.133. The molecule has 1 rings (SSSR count). The quantitative estimate of drug-likeness (QED) is 0.139. The van der Waals surface area contributed by atoms with Crippen LogP contribution in [0.5, 0.6) is 0 Å². The fourth-order valence-electron chi connectivity index (χ4n) is 4.82.